The summed E-state index contributed by atoms with van der Waals surface area (Å²) in [6.07, 6.45) is 2.23. The Balaban J connectivity index is 2.68. The van der Waals surface area contributed by atoms with Gasteiger partial charge in [0.15, 0.2) is 0 Å². The van der Waals surface area contributed by atoms with Gasteiger partial charge in [-0.25, -0.2) is 4.98 Å². The number of anilines is 1. The number of aromatic nitrogens is 1. The van der Waals surface area contributed by atoms with Crippen LogP contribution in [0.5, 0.6) is 0 Å². The Kier molecular flexibility index (Phi) is 6.30. The van der Waals surface area contributed by atoms with E-state index in [1.54, 1.807) is 0 Å². The molecule has 1 aromatic rings. The van der Waals surface area contributed by atoms with Crippen LogP contribution in [0.4, 0.5) is 5.82 Å². The van der Waals surface area contributed by atoms with Crippen molar-refractivity contribution in [2.45, 2.75) is 33.2 Å². The van der Waals surface area contributed by atoms with E-state index in [1.165, 1.54) is 0 Å². The molecule has 0 aromatic carbocycles. The average Bonchev–Trinajstić information content (AvgIpc) is 2.30. The van der Waals surface area contributed by atoms with E-state index in [0.717, 1.165) is 49.0 Å². The molecule has 1 heterocycles. The highest BCUT2D eigenvalue weighted by Gasteiger charge is 2.06. The molecular weight excluding hydrogens is 234 g/mol. The average molecular weight is 256 g/mol. The topological polar surface area (TPSA) is 28.2 Å². The molecular formula is C13H22ClN3. The number of nitrogens with one attached hydrogen (secondary N) is 1. The number of nitrogens with zero attached hydrogens (tertiary/aromatic N) is 2. The van der Waals surface area contributed by atoms with Gasteiger partial charge in [-0.15, -0.1) is 0 Å². The molecule has 0 fully saturated rings. The number of pyridine rings is 1. The Morgan fingerprint density at radius 3 is 2.71 bits per heavy atom. The van der Waals surface area contributed by atoms with Crippen LogP contribution in [0, 0.1) is 0 Å². The third-order valence-corrected chi connectivity index (χ3v) is 2.84. The third kappa shape index (κ3) is 4.92. The van der Waals surface area contributed by atoms with Gasteiger partial charge in [0, 0.05) is 13.1 Å². The van der Waals surface area contributed by atoms with Crippen LogP contribution in [0.15, 0.2) is 12.1 Å². The standard InChI is InChI=1S/C13H22ClN3/c1-4-8-15-13-7-6-11(14)12(16-13)10-17(3)9-5-2/h6-7H,4-5,8-10H2,1-3H3,(H,15,16). The number of rotatable bonds is 7. The third-order valence-electron chi connectivity index (χ3n) is 2.50. The van der Waals surface area contributed by atoms with Gasteiger partial charge in [-0.2, -0.15) is 0 Å². The molecule has 1 N–H and O–H groups in total. The van der Waals surface area contributed by atoms with Crippen LogP contribution in [0.1, 0.15) is 32.4 Å². The molecule has 0 aliphatic rings. The van der Waals surface area contributed by atoms with Gasteiger partial charge in [0.1, 0.15) is 5.82 Å². The van der Waals surface area contributed by atoms with Gasteiger partial charge in [0.2, 0.25) is 0 Å². The maximum atomic E-state index is 6.16. The fourth-order valence-electron chi connectivity index (χ4n) is 1.66. The molecule has 0 aliphatic carbocycles. The quantitative estimate of drug-likeness (QED) is 0.810. The van der Waals surface area contributed by atoms with Gasteiger partial charge in [-0.3, -0.25) is 0 Å². The van der Waals surface area contributed by atoms with E-state index in [1.807, 2.05) is 12.1 Å². The highest BCUT2D eigenvalue weighted by molar-refractivity contribution is 6.31. The second kappa shape index (κ2) is 7.51. The van der Waals surface area contributed by atoms with Crippen LogP contribution in [-0.4, -0.2) is 30.0 Å². The number of hydrogen-bond donors (Lipinski definition) is 1. The van der Waals surface area contributed by atoms with E-state index >= 15 is 0 Å². The van der Waals surface area contributed by atoms with Gasteiger partial charge in [-0.1, -0.05) is 25.4 Å². The minimum atomic E-state index is 0.745. The van der Waals surface area contributed by atoms with Crippen LogP contribution in [0.2, 0.25) is 5.02 Å². The zero-order valence-electron chi connectivity index (χ0n) is 11.0. The lowest BCUT2D eigenvalue weighted by Crippen LogP contribution is -2.19. The summed E-state index contributed by atoms with van der Waals surface area (Å²) < 4.78 is 0. The highest BCUT2D eigenvalue weighted by Crippen LogP contribution is 2.18. The van der Waals surface area contributed by atoms with Gasteiger partial charge in [0.25, 0.3) is 0 Å². The maximum absolute atomic E-state index is 6.16. The Bertz CT molecular complexity index is 341. The fraction of sp³-hybridized carbons (Fsp3) is 0.615. The molecule has 0 aliphatic heterocycles. The van der Waals surface area contributed by atoms with E-state index < -0.39 is 0 Å². The van der Waals surface area contributed by atoms with E-state index in [9.17, 15) is 0 Å². The molecule has 4 heteroatoms. The van der Waals surface area contributed by atoms with Crippen LogP contribution in [-0.2, 0) is 6.54 Å². The van der Waals surface area contributed by atoms with Crippen molar-refractivity contribution in [3.63, 3.8) is 0 Å². The Morgan fingerprint density at radius 2 is 2.06 bits per heavy atom. The lowest BCUT2D eigenvalue weighted by Gasteiger charge is -2.16. The molecule has 0 unspecified atom stereocenters. The van der Waals surface area contributed by atoms with Crippen LogP contribution in [0.3, 0.4) is 0 Å². The Hall–Kier alpha value is -0.800. The predicted octanol–water partition coefficient (Wildman–Crippen LogP) is 3.40. The van der Waals surface area contributed by atoms with E-state index in [2.05, 4.69) is 36.1 Å². The molecule has 0 amide bonds. The van der Waals surface area contributed by atoms with E-state index in [-0.39, 0.29) is 0 Å². The fourth-order valence-corrected chi connectivity index (χ4v) is 1.83. The molecule has 96 valence electrons. The summed E-state index contributed by atoms with van der Waals surface area (Å²) in [4.78, 5) is 6.78. The first kappa shape index (κ1) is 14.3. The van der Waals surface area contributed by atoms with E-state index in [4.69, 9.17) is 11.6 Å². The van der Waals surface area contributed by atoms with Gasteiger partial charge < -0.3 is 10.2 Å². The van der Waals surface area contributed by atoms with Gasteiger partial charge >= 0.3 is 0 Å². The minimum absolute atomic E-state index is 0.745. The summed E-state index contributed by atoms with van der Waals surface area (Å²) in [5.41, 5.74) is 0.948. The molecule has 1 rings (SSSR count). The lowest BCUT2D eigenvalue weighted by molar-refractivity contribution is 0.324. The molecule has 0 saturated heterocycles. The summed E-state index contributed by atoms with van der Waals surface area (Å²) >= 11 is 6.16. The molecule has 0 saturated carbocycles. The summed E-state index contributed by atoms with van der Waals surface area (Å²) in [5, 5.41) is 4.02. The zero-order chi connectivity index (χ0) is 12.7. The minimum Gasteiger partial charge on any atom is -0.370 e. The predicted molar refractivity (Wildman–Crippen MR) is 74.7 cm³/mol. The van der Waals surface area contributed by atoms with Crippen molar-refractivity contribution in [3.8, 4) is 0 Å². The molecule has 0 atom stereocenters. The summed E-state index contributed by atoms with van der Waals surface area (Å²) in [5.74, 6) is 0.913. The van der Waals surface area contributed by atoms with Crippen LogP contribution >= 0.6 is 11.6 Å². The highest BCUT2D eigenvalue weighted by atomic mass is 35.5. The normalized spacial score (nSPS) is 10.9. The van der Waals surface area contributed by atoms with Crippen LogP contribution in [0.25, 0.3) is 0 Å². The molecule has 0 radical (unpaired) electrons. The maximum Gasteiger partial charge on any atom is 0.126 e. The second-order valence-electron chi connectivity index (χ2n) is 4.29. The van der Waals surface area contributed by atoms with Crippen molar-refractivity contribution in [3.05, 3.63) is 22.8 Å². The van der Waals surface area contributed by atoms with Crippen LogP contribution < -0.4 is 5.32 Å². The molecule has 17 heavy (non-hydrogen) atoms. The van der Waals surface area contributed by atoms with Gasteiger partial charge in [0.05, 0.1) is 10.7 Å². The molecule has 0 spiro atoms. The molecule has 1 aromatic heterocycles. The van der Waals surface area contributed by atoms with Gasteiger partial charge in [-0.05, 0) is 38.6 Å². The Morgan fingerprint density at radius 1 is 1.29 bits per heavy atom. The van der Waals surface area contributed by atoms with Crippen molar-refractivity contribution in [2.24, 2.45) is 0 Å². The van der Waals surface area contributed by atoms with Crippen molar-refractivity contribution >= 4 is 17.4 Å². The van der Waals surface area contributed by atoms with Crippen molar-refractivity contribution in [1.82, 2.24) is 9.88 Å². The van der Waals surface area contributed by atoms with Crippen molar-refractivity contribution < 1.29 is 0 Å². The molecule has 3 nitrogen and oxygen atoms in total. The first-order chi connectivity index (χ1) is 8.17. The molecule has 0 bridgehead atoms. The number of hydrogen-bond acceptors (Lipinski definition) is 3. The first-order valence-electron chi connectivity index (χ1n) is 6.25. The first-order valence-corrected chi connectivity index (χ1v) is 6.63. The monoisotopic (exact) mass is 255 g/mol. The summed E-state index contributed by atoms with van der Waals surface area (Å²) in [6, 6.07) is 3.85. The Labute approximate surface area is 109 Å². The lowest BCUT2D eigenvalue weighted by atomic mass is 10.3. The zero-order valence-corrected chi connectivity index (χ0v) is 11.7. The summed E-state index contributed by atoms with van der Waals surface area (Å²) in [6.45, 7) is 7.11. The number of halogens is 1. The SMILES string of the molecule is CCCNc1ccc(Cl)c(CN(C)CCC)n1. The van der Waals surface area contributed by atoms with Crippen molar-refractivity contribution in [2.75, 3.05) is 25.5 Å². The second-order valence-corrected chi connectivity index (χ2v) is 4.70. The largest absolute Gasteiger partial charge is 0.370 e. The van der Waals surface area contributed by atoms with Crippen molar-refractivity contribution in [1.29, 1.82) is 0 Å². The smallest absolute Gasteiger partial charge is 0.126 e. The summed E-state index contributed by atoms with van der Waals surface area (Å²) in [7, 11) is 2.09. The van der Waals surface area contributed by atoms with E-state index in [0.29, 0.717) is 0 Å².